The summed E-state index contributed by atoms with van der Waals surface area (Å²) in [6.07, 6.45) is 5.79. The number of anilines is 1. The minimum atomic E-state index is -0.401. The van der Waals surface area contributed by atoms with Crippen molar-refractivity contribution in [2.75, 3.05) is 18.0 Å². The smallest absolute Gasteiger partial charge is 0.309 e. The van der Waals surface area contributed by atoms with E-state index in [9.17, 15) is 4.79 Å². The molecule has 0 atom stereocenters. The first-order chi connectivity index (χ1) is 11.3. The van der Waals surface area contributed by atoms with Crippen LogP contribution in [-0.4, -0.2) is 29.6 Å². The van der Waals surface area contributed by atoms with Gasteiger partial charge in [0.25, 0.3) is 0 Å². The molecule has 0 bridgehead atoms. The summed E-state index contributed by atoms with van der Waals surface area (Å²) in [6.45, 7) is 7.79. The quantitative estimate of drug-likeness (QED) is 0.780. The molecule has 1 spiro atoms. The van der Waals surface area contributed by atoms with Crippen LogP contribution in [0.2, 0.25) is 0 Å². The molecular formula is C19H25N3O2. The number of ether oxygens (including phenoxy) is 1. The van der Waals surface area contributed by atoms with Crippen LogP contribution in [0.25, 0.3) is 0 Å². The highest BCUT2D eigenvalue weighted by Gasteiger charge is 2.46. The van der Waals surface area contributed by atoms with Crippen molar-refractivity contribution >= 4 is 11.7 Å². The van der Waals surface area contributed by atoms with Crippen molar-refractivity contribution < 1.29 is 9.53 Å². The van der Waals surface area contributed by atoms with Crippen LogP contribution in [0.1, 0.15) is 52.1 Å². The van der Waals surface area contributed by atoms with Gasteiger partial charge in [-0.1, -0.05) is 0 Å². The average Bonchev–Trinajstić information content (AvgIpc) is 2.51. The van der Waals surface area contributed by atoms with Crippen molar-refractivity contribution in [1.29, 1.82) is 5.26 Å². The lowest BCUT2D eigenvalue weighted by atomic mass is 9.66. The second kappa shape index (κ2) is 6.08. The van der Waals surface area contributed by atoms with Gasteiger partial charge in [-0.25, -0.2) is 4.98 Å². The van der Waals surface area contributed by atoms with E-state index in [0.717, 1.165) is 44.5 Å². The molecule has 1 aromatic heterocycles. The van der Waals surface area contributed by atoms with Crippen LogP contribution in [0.5, 0.6) is 0 Å². The van der Waals surface area contributed by atoms with Crippen molar-refractivity contribution in [3.8, 4) is 6.07 Å². The van der Waals surface area contributed by atoms with Crippen LogP contribution in [-0.2, 0) is 9.53 Å². The van der Waals surface area contributed by atoms with Gasteiger partial charge in [-0.05, 0) is 58.6 Å². The van der Waals surface area contributed by atoms with Gasteiger partial charge in [0.2, 0.25) is 0 Å². The third-order valence-corrected chi connectivity index (χ3v) is 5.07. The van der Waals surface area contributed by atoms with Gasteiger partial charge in [0, 0.05) is 18.5 Å². The number of nitrogens with zero attached hydrogens (tertiary/aromatic N) is 3. The number of pyridine rings is 1. The predicted molar refractivity (Wildman–Crippen MR) is 91.4 cm³/mol. The molecule has 1 aromatic rings. The Morgan fingerprint density at radius 1 is 1.33 bits per heavy atom. The molecule has 2 fully saturated rings. The summed E-state index contributed by atoms with van der Waals surface area (Å²) in [6, 6.07) is 5.77. The molecule has 0 amide bonds. The van der Waals surface area contributed by atoms with Gasteiger partial charge in [-0.3, -0.25) is 4.79 Å². The van der Waals surface area contributed by atoms with E-state index in [-0.39, 0.29) is 11.9 Å². The Bertz CT molecular complexity index is 639. The Kier molecular flexibility index (Phi) is 4.25. The van der Waals surface area contributed by atoms with Crippen LogP contribution in [0, 0.1) is 22.7 Å². The van der Waals surface area contributed by atoms with Crippen molar-refractivity contribution in [1.82, 2.24) is 4.98 Å². The molecule has 128 valence electrons. The molecule has 24 heavy (non-hydrogen) atoms. The fraction of sp³-hybridized carbons (Fsp3) is 0.632. The average molecular weight is 327 g/mol. The highest BCUT2D eigenvalue weighted by Crippen LogP contribution is 2.47. The normalized spacial score (nSPS) is 20.3. The number of aromatic nitrogens is 1. The zero-order valence-corrected chi connectivity index (χ0v) is 14.7. The molecular weight excluding hydrogens is 302 g/mol. The van der Waals surface area contributed by atoms with Crippen LogP contribution in [0.15, 0.2) is 18.3 Å². The lowest BCUT2D eigenvalue weighted by molar-refractivity contribution is -0.162. The molecule has 1 saturated carbocycles. The molecule has 2 heterocycles. The number of nitriles is 1. The molecule has 0 aromatic carbocycles. The summed E-state index contributed by atoms with van der Waals surface area (Å²) in [5.74, 6) is 0.0188. The summed E-state index contributed by atoms with van der Waals surface area (Å²) in [5, 5.41) is 8.81. The molecule has 0 unspecified atom stereocenters. The molecule has 2 aliphatic rings. The van der Waals surface area contributed by atoms with Gasteiger partial charge in [0.05, 0.1) is 17.8 Å². The maximum Gasteiger partial charge on any atom is 0.309 e. The Morgan fingerprint density at radius 3 is 2.50 bits per heavy atom. The summed E-state index contributed by atoms with van der Waals surface area (Å²) < 4.78 is 5.53. The number of carbonyl (C=O) groups excluding carboxylic acids is 1. The van der Waals surface area contributed by atoms with E-state index in [2.05, 4.69) is 9.88 Å². The second-order valence-corrected chi connectivity index (χ2v) is 8.18. The van der Waals surface area contributed by atoms with E-state index >= 15 is 0 Å². The third kappa shape index (κ3) is 3.53. The highest BCUT2D eigenvalue weighted by atomic mass is 16.6. The predicted octanol–water partition coefficient (Wildman–Crippen LogP) is 3.29. The highest BCUT2D eigenvalue weighted by molar-refractivity contribution is 5.73. The SMILES string of the molecule is CC(C)(C)OC(=O)C1CCC2(CC1)CN(c1ccc(C#N)nc1)C2. The van der Waals surface area contributed by atoms with Crippen LogP contribution in [0.3, 0.4) is 0 Å². The maximum atomic E-state index is 12.2. The van der Waals surface area contributed by atoms with Gasteiger partial charge in [-0.15, -0.1) is 0 Å². The summed E-state index contributed by atoms with van der Waals surface area (Å²) >= 11 is 0. The topological polar surface area (TPSA) is 66.2 Å². The summed E-state index contributed by atoms with van der Waals surface area (Å²) in [5.41, 5.74) is 1.47. The van der Waals surface area contributed by atoms with Gasteiger partial charge in [-0.2, -0.15) is 5.26 Å². The van der Waals surface area contributed by atoms with Crippen molar-refractivity contribution in [2.45, 2.75) is 52.1 Å². The van der Waals surface area contributed by atoms with Gasteiger partial charge in [0.1, 0.15) is 17.4 Å². The number of carbonyl (C=O) groups is 1. The van der Waals surface area contributed by atoms with Gasteiger partial charge in [0.15, 0.2) is 0 Å². The third-order valence-electron chi connectivity index (χ3n) is 5.07. The fourth-order valence-corrected chi connectivity index (χ4v) is 3.75. The van der Waals surface area contributed by atoms with Gasteiger partial charge >= 0.3 is 5.97 Å². The number of hydrogen-bond acceptors (Lipinski definition) is 5. The van der Waals surface area contributed by atoms with Crippen LogP contribution in [0.4, 0.5) is 5.69 Å². The van der Waals surface area contributed by atoms with Crippen molar-refractivity contribution in [3.05, 3.63) is 24.0 Å². The molecule has 1 aliphatic heterocycles. The van der Waals surface area contributed by atoms with E-state index in [1.807, 2.05) is 32.9 Å². The summed E-state index contributed by atoms with van der Waals surface area (Å²) in [7, 11) is 0. The number of esters is 1. The van der Waals surface area contributed by atoms with E-state index in [1.165, 1.54) is 0 Å². The number of rotatable bonds is 2. The minimum Gasteiger partial charge on any atom is -0.460 e. The summed E-state index contributed by atoms with van der Waals surface area (Å²) in [4.78, 5) is 18.7. The fourth-order valence-electron chi connectivity index (χ4n) is 3.75. The lowest BCUT2D eigenvalue weighted by Gasteiger charge is -2.54. The standard InChI is InChI=1S/C19H25N3O2/c1-18(2,3)24-17(23)14-6-8-19(9-7-14)12-22(13-19)16-5-4-15(10-20)21-11-16/h4-5,11,14H,6-9,12-13H2,1-3H3. The van der Waals surface area contributed by atoms with E-state index in [0.29, 0.717) is 11.1 Å². The molecule has 0 radical (unpaired) electrons. The Labute approximate surface area is 143 Å². The molecule has 5 heteroatoms. The monoisotopic (exact) mass is 327 g/mol. The second-order valence-electron chi connectivity index (χ2n) is 8.18. The van der Waals surface area contributed by atoms with Crippen molar-refractivity contribution in [2.24, 2.45) is 11.3 Å². The maximum absolute atomic E-state index is 12.2. The van der Waals surface area contributed by atoms with Gasteiger partial charge < -0.3 is 9.64 Å². The molecule has 3 rings (SSSR count). The largest absolute Gasteiger partial charge is 0.460 e. The Morgan fingerprint density at radius 2 is 2.00 bits per heavy atom. The van der Waals surface area contributed by atoms with Crippen LogP contribution >= 0.6 is 0 Å². The molecule has 1 saturated heterocycles. The first-order valence-electron chi connectivity index (χ1n) is 8.64. The van der Waals surface area contributed by atoms with E-state index in [1.54, 1.807) is 12.3 Å². The molecule has 5 nitrogen and oxygen atoms in total. The lowest BCUT2D eigenvalue weighted by Crippen LogP contribution is -2.58. The Balaban J connectivity index is 1.51. The zero-order valence-electron chi connectivity index (χ0n) is 14.7. The first kappa shape index (κ1) is 16.8. The van der Waals surface area contributed by atoms with Crippen LogP contribution < -0.4 is 4.90 Å². The Hall–Kier alpha value is -2.09. The molecule has 1 aliphatic carbocycles. The molecule has 0 N–H and O–H groups in total. The van der Waals surface area contributed by atoms with E-state index < -0.39 is 5.60 Å². The minimum absolute atomic E-state index is 0.0372. The number of hydrogen-bond donors (Lipinski definition) is 0. The first-order valence-corrected chi connectivity index (χ1v) is 8.64. The van der Waals surface area contributed by atoms with Crippen molar-refractivity contribution in [3.63, 3.8) is 0 Å². The zero-order chi connectivity index (χ0) is 17.4. The van der Waals surface area contributed by atoms with E-state index in [4.69, 9.17) is 10.00 Å².